The van der Waals surface area contributed by atoms with E-state index in [0.717, 1.165) is 10.7 Å². The number of sulfonamides is 1. The molecular formula is C12H16N4O2S2. The molecule has 2 heterocycles. The molecule has 0 saturated carbocycles. The molecule has 0 bridgehead atoms. The molecular weight excluding hydrogens is 296 g/mol. The second-order valence-electron chi connectivity index (χ2n) is 4.27. The minimum Gasteiger partial charge on any atom is -0.354 e. The van der Waals surface area contributed by atoms with Crippen LogP contribution >= 0.6 is 11.3 Å². The molecule has 0 fully saturated rings. The molecule has 1 N–H and O–H groups in total. The van der Waals surface area contributed by atoms with Crippen LogP contribution < -0.4 is 9.62 Å². The predicted molar refractivity (Wildman–Crippen MR) is 79.4 cm³/mol. The molecule has 0 aliphatic carbocycles. The number of hydrogen-bond donors (Lipinski definition) is 1. The minimum atomic E-state index is -3.44. The number of pyridine rings is 1. The molecule has 0 radical (unpaired) electrons. The average molecular weight is 312 g/mol. The van der Waals surface area contributed by atoms with Crippen LogP contribution in [0.4, 0.5) is 5.82 Å². The van der Waals surface area contributed by atoms with E-state index in [4.69, 9.17) is 0 Å². The lowest BCUT2D eigenvalue weighted by Crippen LogP contribution is -2.20. The van der Waals surface area contributed by atoms with E-state index in [9.17, 15) is 8.42 Å². The third-order valence-electron chi connectivity index (χ3n) is 2.76. The van der Waals surface area contributed by atoms with Crippen molar-refractivity contribution in [2.75, 3.05) is 19.0 Å². The molecule has 0 atom stereocenters. The van der Waals surface area contributed by atoms with Gasteiger partial charge >= 0.3 is 0 Å². The summed E-state index contributed by atoms with van der Waals surface area (Å²) in [5, 5.41) is 3.03. The number of thiazole rings is 1. The summed E-state index contributed by atoms with van der Waals surface area (Å²) in [5.74, 6) is 0.700. The normalized spacial score (nSPS) is 11.6. The van der Waals surface area contributed by atoms with Gasteiger partial charge in [-0.05, 0) is 26.1 Å². The van der Waals surface area contributed by atoms with Gasteiger partial charge in [0.25, 0.3) is 0 Å². The van der Waals surface area contributed by atoms with E-state index in [2.05, 4.69) is 14.7 Å². The Bertz CT molecular complexity index is 680. The van der Waals surface area contributed by atoms with Crippen molar-refractivity contribution in [1.82, 2.24) is 14.7 Å². The number of rotatable bonds is 5. The van der Waals surface area contributed by atoms with Gasteiger partial charge in [0.1, 0.15) is 10.7 Å². The van der Waals surface area contributed by atoms with E-state index in [0.29, 0.717) is 12.4 Å². The highest BCUT2D eigenvalue weighted by molar-refractivity contribution is 7.89. The van der Waals surface area contributed by atoms with Gasteiger partial charge in [-0.2, -0.15) is 0 Å². The van der Waals surface area contributed by atoms with Crippen LogP contribution in [0.25, 0.3) is 0 Å². The topological polar surface area (TPSA) is 75.2 Å². The second-order valence-corrected chi connectivity index (χ2v) is 7.22. The molecule has 0 spiro atoms. The first-order chi connectivity index (χ1) is 9.42. The van der Waals surface area contributed by atoms with Gasteiger partial charge in [0.15, 0.2) is 0 Å². The highest BCUT2D eigenvalue weighted by Gasteiger charge is 2.12. The van der Waals surface area contributed by atoms with Crippen LogP contribution in [0.2, 0.25) is 0 Å². The first-order valence-corrected chi connectivity index (χ1v) is 8.30. The first kappa shape index (κ1) is 14.9. The van der Waals surface area contributed by atoms with E-state index >= 15 is 0 Å². The highest BCUT2D eigenvalue weighted by atomic mass is 32.2. The quantitative estimate of drug-likeness (QED) is 0.903. The lowest BCUT2D eigenvalue weighted by atomic mass is 10.4. The average Bonchev–Trinajstić information content (AvgIpc) is 2.84. The van der Waals surface area contributed by atoms with Crippen LogP contribution in [0.5, 0.6) is 0 Å². The first-order valence-electron chi connectivity index (χ1n) is 5.94. The maximum Gasteiger partial charge on any atom is 0.241 e. The van der Waals surface area contributed by atoms with Gasteiger partial charge < -0.3 is 4.90 Å². The Morgan fingerprint density at radius 3 is 2.65 bits per heavy atom. The largest absolute Gasteiger partial charge is 0.354 e. The number of aromatic nitrogens is 2. The molecule has 0 saturated heterocycles. The summed E-state index contributed by atoms with van der Waals surface area (Å²) in [7, 11) is -0.171. The van der Waals surface area contributed by atoms with E-state index in [1.165, 1.54) is 19.3 Å². The van der Waals surface area contributed by atoms with E-state index in [-0.39, 0.29) is 4.90 Å². The summed E-state index contributed by atoms with van der Waals surface area (Å²) in [6, 6.07) is 3.22. The minimum absolute atomic E-state index is 0.154. The Morgan fingerprint density at radius 1 is 1.40 bits per heavy atom. The third kappa shape index (κ3) is 3.33. The third-order valence-corrected chi connectivity index (χ3v) is 4.98. The number of anilines is 1. The molecule has 0 unspecified atom stereocenters. The second kappa shape index (κ2) is 5.86. The summed E-state index contributed by atoms with van der Waals surface area (Å²) in [5.41, 5.74) is 0.976. The van der Waals surface area contributed by atoms with Crippen molar-refractivity contribution in [1.29, 1.82) is 0 Å². The van der Waals surface area contributed by atoms with Crippen LogP contribution in [0.15, 0.2) is 28.6 Å². The van der Waals surface area contributed by atoms with E-state index < -0.39 is 10.0 Å². The Kier molecular flexibility index (Phi) is 4.36. The van der Waals surface area contributed by atoms with Gasteiger partial charge in [-0.15, -0.1) is 11.3 Å². The molecule has 0 amide bonds. The highest BCUT2D eigenvalue weighted by Crippen LogP contribution is 2.16. The standard InChI is InChI=1S/C12H16N4O2S2/c1-9-15-10(8-19-9)7-16(3)12-5-4-11(6-14-12)20(17,18)13-2/h4-6,8,13H,7H2,1-3H3. The van der Waals surface area contributed by atoms with Crippen LogP contribution in [0.3, 0.4) is 0 Å². The summed E-state index contributed by atoms with van der Waals surface area (Å²) < 4.78 is 25.5. The van der Waals surface area contributed by atoms with Crippen LogP contribution in [-0.2, 0) is 16.6 Å². The van der Waals surface area contributed by atoms with Crippen molar-refractivity contribution in [3.63, 3.8) is 0 Å². The maximum atomic E-state index is 11.6. The zero-order valence-corrected chi connectivity index (χ0v) is 13.1. The van der Waals surface area contributed by atoms with Gasteiger partial charge in [0, 0.05) is 18.6 Å². The lowest BCUT2D eigenvalue weighted by Gasteiger charge is -2.17. The fourth-order valence-electron chi connectivity index (χ4n) is 1.68. The Labute approximate surface area is 122 Å². The van der Waals surface area contributed by atoms with Gasteiger partial charge in [-0.25, -0.2) is 23.1 Å². The van der Waals surface area contributed by atoms with E-state index in [1.807, 2.05) is 24.3 Å². The molecule has 108 valence electrons. The van der Waals surface area contributed by atoms with E-state index in [1.54, 1.807) is 17.4 Å². The fourth-order valence-corrected chi connectivity index (χ4v) is 2.96. The molecule has 0 aliphatic rings. The molecule has 2 rings (SSSR count). The lowest BCUT2D eigenvalue weighted by molar-refractivity contribution is 0.588. The molecule has 20 heavy (non-hydrogen) atoms. The molecule has 6 nitrogen and oxygen atoms in total. The van der Waals surface area contributed by atoms with Crippen molar-refractivity contribution in [3.8, 4) is 0 Å². The molecule has 2 aromatic rings. The zero-order chi connectivity index (χ0) is 14.8. The Balaban J connectivity index is 2.13. The van der Waals surface area contributed by atoms with Crippen molar-refractivity contribution >= 4 is 27.2 Å². The van der Waals surface area contributed by atoms with Crippen LogP contribution in [0.1, 0.15) is 10.7 Å². The number of nitrogens with one attached hydrogen (secondary N) is 1. The SMILES string of the molecule is CNS(=O)(=O)c1ccc(N(C)Cc2csc(C)n2)nc1. The van der Waals surface area contributed by atoms with Crippen molar-refractivity contribution in [2.45, 2.75) is 18.4 Å². The van der Waals surface area contributed by atoms with Gasteiger partial charge in [-0.3, -0.25) is 0 Å². The van der Waals surface area contributed by atoms with Crippen molar-refractivity contribution < 1.29 is 8.42 Å². The monoisotopic (exact) mass is 312 g/mol. The number of nitrogens with zero attached hydrogens (tertiary/aromatic N) is 3. The predicted octanol–water partition coefficient (Wildman–Crippen LogP) is 1.39. The van der Waals surface area contributed by atoms with Gasteiger partial charge in [0.05, 0.1) is 17.2 Å². The molecule has 0 aromatic carbocycles. The van der Waals surface area contributed by atoms with Crippen molar-refractivity contribution in [3.05, 3.63) is 34.4 Å². The summed E-state index contributed by atoms with van der Waals surface area (Å²) in [6.07, 6.45) is 1.35. The number of aryl methyl sites for hydroxylation is 1. The Hall–Kier alpha value is -1.51. The summed E-state index contributed by atoms with van der Waals surface area (Å²) >= 11 is 1.60. The summed E-state index contributed by atoms with van der Waals surface area (Å²) in [4.78, 5) is 10.6. The summed E-state index contributed by atoms with van der Waals surface area (Å²) in [6.45, 7) is 2.60. The molecule has 8 heteroatoms. The van der Waals surface area contributed by atoms with Gasteiger partial charge in [-0.1, -0.05) is 0 Å². The van der Waals surface area contributed by atoms with Gasteiger partial charge in [0.2, 0.25) is 10.0 Å². The maximum absolute atomic E-state index is 11.6. The zero-order valence-electron chi connectivity index (χ0n) is 11.5. The van der Waals surface area contributed by atoms with Crippen molar-refractivity contribution in [2.24, 2.45) is 0 Å². The fraction of sp³-hybridized carbons (Fsp3) is 0.333. The molecule has 0 aliphatic heterocycles. The van der Waals surface area contributed by atoms with Crippen LogP contribution in [-0.4, -0.2) is 32.5 Å². The number of hydrogen-bond acceptors (Lipinski definition) is 6. The smallest absolute Gasteiger partial charge is 0.241 e. The molecule has 2 aromatic heterocycles. The van der Waals surface area contributed by atoms with Crippen LogP contribution in [0, 0.1) is 6.92 Å². The Morgan fingerprint density at radius 2 is 2.15 bits per heavy atom.